The highest BCUT2D eigenvalue weighted by molar-refractivity contribution is 5.68. The summed E-state index contributed by atoms with van der Waals surface area (Å²) in [7, 11) is 2.13. The highest BCUT2D eigenvalue weighted by atomic mass is 16.6. The molecule has 0 N–H and O–H groups in total. The first kappa shape index (κ1) is 12.7. The Labute approximate surface area is 104 Å². The molecule has 98 valence electrons. The maximum absolute atomic E-state index is 12.1. The van der Waals surface area contributed by atoms with Crippen molar-refractivity contribution >= 4 is 6.09 Å². The quantitative estimate of drug-likeness (QED) is 0.649. The lowest BCUT2D eigenvalue weighted by Gasteiger charge is -2.37. The Morgan fingerprint density at radius 2 is 2.00 bits per heavy atom. The van der Waals surface area contributed by atoms with E-state index in [1.165, 1.54) is 6.42 Å². The number of likely N-dealkylation sites (N-methyl/N-ethyl adjacent to an activating group) is 1. The number of piperidine rings is 1. The molecule has 0 bridgehead atoms. The average Bonchev–Trinajstić information content (AvgIpc) is 2.54. The predicted octanol–water partition coefficient (Wildman–Crippen LogP) is 1.95. The highest BCUT2D eigenvalue weighted by Gasteiger charge is 2.41. The second kappa shape index (κ2) is 4.48. The Hall–Kier alpha value is -0.770. The number of carbonyl (C=O) groups is 1. The van der Waals surface area contributed by atoms with Crippen molar-refractivity contribution in [1.29, 1.82) is 0 Å². The van der Waals surface area contributed by atoms with Gasteiger partial charge in [-0.2, -0.15) is 0 Å². The molecule has 0 radical (unpaired) electrons. The maximum Gasteiger partial charge on any atom is 0.410 e. The summed E-state index contributed by atoms with van der Waals surface area (Å²) in [5.74, 6) is 0.640. The third kappa shape index (κ3) is 2.92. The van der Waals surface area contributed by atoms with Gasteiger partial charge in [0.05, 0.1) is 6.04 Å². The SMILES string of the molecule is CN1C[C@@H]2CCCN(C(=O)OC(C)(C)C)[C@@H]2C1. The van der Waals surface area contributed by atoms with E-state index in [-0.39, 0.29) is 6.09 Å². The van der Waals surface area contributed by atoms with E-state index in [0.717, 1.165) is 26.1 Å². The average molecular weight is 240 g/mol. The molecule has 0 aliphatic carbocycles. The number of carbonyl (C=O) groups excluding carboxylic acids is 1. The summed E-state index contributed by atoms with van der Waals surface area (Å²) < 4.78 is 5.49. The van der Waals surface area contributed by atoms with Gasteiger partial charge in [-0.3, -0.25) is 0 Å². The fourth-order valence-electron chi connectivity index (χ4n) is 2.94. The van der Waals surface area contributed by atoms with E-state index in [4.69, 9.17) is 4.74 Å². The second-order valence-corrected chi connectivity index (χ2v) is 6.36. The molecule has 2 saturated heterocycles. The summed E-state index contributed by atoms with van der Waals surface area (Å²) in [4.78, 5) is 16.4. The Bertz CT molecular complexity index is 298. The van der Waals surface area contributed by atoms with Crippen molar-refractivity contribution in [2.75, 3.05) is 26.7 Å². The molecule has 17 heavy (non-hydrogen) atoms. The number of ether oxygens (including phenoxy) is 1. The monoisotopic (exact) mass is 240 g/mol. The van der Waals surface area contributed by atoms with Crippen LogP contribution in [-0.4, -0.2) is 54.2 Å². The molecule has 0 unspecified atom stereocenters. The minimum atomic E-state index is -0.394. The van der Waals surface area contributed by atoms with Crippen LogP contribution in [0.1, 0.15) is 33.6 Å². The summed E-state index contributed by atoms with van der Waals surface area (Å²) in [6, 6.07) is 0.364. The molecule has 0 aromatic rings. The minimum Gasteiger partial charge on any atom is -0.444 e. The first-order chi connectivity index (χ1) is 7.87. The van der Waals surface area contributed by atoms with Gasteiger partial charge in [0.2, 0.25) is 0 Å². The standard InChI is InChI=1S/C13H24N2O2/c1-13(2,3)17-12(16)15-7-5-6-10-8-14(4)9-11(10)15/h10-11H,5-9H2,1-4H3/t10-,11+/m0/s1. The van der Waals surface area contributed by atoms with Crippen LogP contribution in [0.2, 0.25) is 0 Å². The van der Waals surface area contributed by atoms with E-state index in [0.29, 0.717) is 12.0 Å². The third-order valence-electron chi connectivity index (χ3n) is 3.59. The van der Waals surface area contributed by atoms with Gasteiger partial charge in [0.15, 0.2) is 0 Å². The van der Waals surface area contributed by atoms with Crippen molar-refractivity contribution in [2.24, 2.45) is 5.92 Å². The lowest BCUT2D eigenvalue weighted by atomic mass is 9.92. The van der Waals surface area contributed by atoms with Gasteiger partial charge < -0.3 is 14.5 Å². The van der Waals surface area contributed by atoms with Crippen LogP contribution in [0.25, 0.3) is 0 Å². The molecule has 0 spiro atoms. The molecule has 0 saturated carbocycles. The zero-order chi connectivity index (χ0) is 12.6. The number of likely N-dealkylation sites (tertiary alicyclic amines) is 2. The van der Waals surface area contributed by atoms with E-state index in [9.17, 15) is 4.79 Å². The highest BCUT2D eigenvalue weighted by Crippen LogP contribution is 2.30. The van der Waals surface area contributed by atoms with Gasteiger partial charge in [0.25, 0.3) is 0 Å². The Morgan fingerprint density at radius 1 is 1.29 bits per heavy atom. The molecule has 4 nitrogen and oxygen atoms in total. The second-order valence-electron chi connectivity index (χ2n) is 6.36. The van der Waals surface area contributed by atoms with Gasteiger partial charge in [-0.1, -0.05) is 0 Å². The molecule has 2 aliphatic rings. The largest absolute Gasteiger partial charge is 0.444 e. The van der Waals surface area contributed by atoms with Crippen molar-refractivity contribution < 1.29 is 9.53 Å². The molecular formula is C13H24N2O2. The number of hydrogen-bond acceptors (Lipinski definition) is 3. The van der Waals surface area contributed by atoms with Crippen molar-refractivity contribution in [3.8, 4) is 0 Å². The molecule has 0 aromatic carbocycles. The number of amides is 1. The van der Waals surface area contributed by atoms with Gasteiger partial charge in [-0.25, -0.2) is 4.79 Å². The van der Waals surface area contributed by atoms with Crippen LogP contribution in [0.4, 0.5) is 4.79 Å². The Balaban J connectivity index is 2.02. The van der Waals surface area contributed by atoms with Crippen LogP contribution in [0.15, 0.2) is 0 Å². The number of rotatable bonds is 0. The molecule has 2 rings (SSSR count). The first-order valence-corrected chi connectivity index (χ1v) is 6.55. The van der Waals surface area contributed by atoms with Crippen LogP contribution < -0.4 is 0 Å². The van der Waals surface area contributed by atoms with Gasteiger partial charge >= 0.3 is 6.09 Å². The van der Waals surface area contributed by atoms with Gasteiger partial charge in [-0.05, 0) is 46.6 Å². The van der Waals surface area contributed by atoms with Gasteiger partial charge in [-0.15, -0.1) is 0 Å². The van der Waals surface area contributed by atoms with E-state index in [1.54, 1.807) is 0 Å². The number of nitrogens with zero attached hydrogens (tertiary/aromatic N) is 2. The van der Waals surface area contributed by atoms with Crippen molar-refractivity contribution in [3.05, 3.63) is 0 Å². The molecule has 0 aromatic heterocycles. The predicted molar refractivity (Wildman–Crippen MR) is 66.9 cm³/mol. The number of fused-ring (bicyclic) bond motifs is 1. The summed E-state index contributed by atoms with van der Waals surface area (Å²) in [5, 5.41) is 0. The molecule has 1 amide bonds. The van der Waals surface area contributed by atoms with Crippen molar-refractivity contribution in [2.45, 2.75) is 45.3 Å². The fourth-order valence-corrected chi connectivity index (χ4v) is 2.94. The van der Waals surface area contributed by atoms with Crippen LogP contribution in [0.3, 0.4) is 0 Å². The van der Waals surface area contributed by atoms with E-state index < -0.39 is 5.60 Å². The third-order valence-corrected chi connectivity index (χ3v) is 3.59. The number of hydrogen-bond donors (Lipinski definition) is 0. The summed E-state index contributed by atoms with van der Waals surface area (Å²) >= 11 is 0. The van der Waals surface area contributed by atoms with E-state index in [2.05, 4.69) is 11.9 Å². The summed E-state index contributed by atoms with van der Waals surface area (Å²) in [6.07, 6.45) is 2.21. The molecule has 2 heterocycles. The Kier molecular flexibility index (Phi) is 3.34. The van der Waals surface area contributed by atoms with Crippen LogP contribution in [0.5, 0.6) is 0 Å². The summed E-state index contributed by atoms with van der Waals surface area (Å²) in [5.41, 5.74) is -0.394. The van der Waals surface area contributed by atoms with Gasteiger partial charge in [0.1, 0.15) is 5.60 Å². The lowest BCUT2D eigenvalue weighted by Crippen LogP contribution is -2.50. The molecular weight excluding hydrogens is 216 g/mol. The zero-order valence-corrected chi connectivity index (χ0v) is 11.4. The molecule has 4 heteroatoms. The lowest BCUT2D eigenvalue weighted by molar-refractivity contribution is 0.00632. The normalized spacial score (nSPS) is 30.2. The molecule has 2 fully saturated rings. The van der Waals surface area contributed by atoms with Crippen LogP contribution >= 0.6 is 0 Å². The first-order valence-electron chi connectivity index (χ1n) is 6.55. The molecule has 2 aliphatic heterocycles. The van der Waals surface area contributed by atoms with E-state index >= 15 is 0 Å². The van der Waals surface area contributed by atoms with Gasteiger partial charge in [0, 0.05) is 19.6 Å². The zero-order valence-electron chi connectivity index (χ0n) is 11.4. The van der Waals surface area contributed by atoms with Crippen molar-refractivity contribution in [1.82, 2.24) is 9.80 Å². The topological polar surface area (TPSA) is 32.8 Å². The van der Waals surface area contributed by atoms with Crippen molar-refractivity contribution in [3.63, 3.8) is 0 Å². The maximum atomic E-state index is 12.1. The van der Waals surface area contributed by atoms with Crippen LogP contribution in [-0.2, 0) is 4.74 Å². The smallest absolute Gasteiger partial charge is 0.410 e. The van der Waals surface area contributed by atoms with Crippen LogP contribution in [0, 0.1) is 5.92 Å². The molecule has 2 atom stereocenters. The summed E-state index contributed by atoms with van der Waals surface area (Å²) in [6.45, 7) is 8.73. The Morgan fingerprint density at radius 3 is 2.65 bits per heavy atom. The minimum absolute atomic E-state index is 0.137. The fraction of sp³-hybridized carbons (Fsp3) is 0.923. The van der Waals surface area contributed by atoms with E-state index in [1.807, 2.05) is 25.7 Å².